The monoisotopic (exact) mass is 456 g/mol. The molecule has 1 aromatic rings. The van der Waals surface area contributed by atoms with E-state index in [0.717, 1.165) is 0 Å². The first-order valence-corrected chi connectivity index (χ1v) is 9.89. The lowest BCUT2D eigenvalue weighted by Crippen LogP contribution is -2.55. The van der Waals surface area contributed by atoms with Crippen LogP contribution in [0.15, 0.2) is 22.7 Å². The van der Waals surface area contributed by atoms with Crippen molar-refractivity contribution in [3.05, 3.63) is 28.2 Å². The van der Waals surface area contributed by atoms with Crippen molar-refractivity contribution in [2.75, 3.05) is 20.3 Å². The molecule has 0 unspecified atom stereocenters. The molecule has 0 amide bonds. The zero-order chi connectivity index (χ0) is 21.1. The first kappa shape index (κ1) is 22.4. The highest BCUT2D eigenvalue weighted by Gasteiger charge is 2.57. The van der Waals surface area contributed by atoms with Crippen LogP contribution < -0.4 is 4.74 Å². The van der Waals surface area contributed by atoms with Gasteiger partial charge in [0.15, 0.2) is 5.78 Å². The molecule has 0 aromatic heterocycles. The van der Waals surface area contributed by atoms with Crippen molar-refractivity contribution in [2.45, 2.75) is 38.7 Å². The highest BCUT2D eigenvalue weighted by molar-refractivity contribution is 9.10. The summed E-state index contributed by atoms with van der Waals surface area (Å²) in [5.74, 6) is -4.55. The molecule has 0 spiro atoms. The van der Waals surface area contributed by atoms with Crippen molar-refractivity contribution in [3.8, 4) is 5.75 Å². The Hall–Kier alpha value is -1.93. The van der Waals surface area contributed by atoms with Crippen LogP contribution in [0.2, 0.25) is 0 Å². The van der Waals surface area contributed by atoms with Gasteiger partial charge in [0.1, 0.15) is 11.7 Å². The number of carbonyl (C=O) groups excluding carboxylic acids is 3. The summed E-state index contributed by atoms with van der Waals surface area (Å²) in [6.45, 7) is 4.93. The van der Waals surface area contributed by atoms with E-state index < -0.39 is 41.1 Å². The van der Waals surface area contributed by atoms with Crippen LogP contribution in [-0.4, -0.2) is 48.8 Å². The molecule has 0 heterocycles. The van der Waals surface area contributed by atoms with Crippen molar-refractivity contribution >= 4 is 33.7 Å². The molecule has 2 rings (SSSR count). The zero-order valence-corrected chi connectivity index (χ0v) is 17.9. The highest BCUT2D eigenvalue weighted by Crippen LogP contribution is 2.47. The topological polar surface area (TPSA) is 99.1 Å². The van der Waals surface area contributed by atoms with Gasteiger partial charge in [-0.2, -0.15) is 0 Å². The van der Waals surface area contributed by atoms with Gasteiger partial charge in [0.05, 0.1) is 36.3 Å². The number of aliphatic hydroxyl groups is 1. The van der Waals surface area contributed by atoms with Crippen LogP contribution in [0.25, 0.3) is 0 Å². The van der Waals surface area contributed by atoms with E-state index in [1.54, 1.807) is 32.0 Å². The van der Waals surface area contributed by atoms with Crippen LogP contribution in [0.4, 0.5) is 0 Å². The van der Waals surface area contributed by atoms with E-state index in [2.05, 4.69) is 15.9 Å². The minimum atomic E-state index is -1.66. The van der Waals surface area contributed by atoms with Gasteiger partial charge in [-0.05, 0) is 54.4 Å². The number of methoxy groups -OCH3 is 1. The molecule has 0 saturated heterocycles. The Morgan fingerprint density at radius 2 is 1.82 bits per heavy atom. The quantitative estimate of drug-likeness (QED) is 0.518. The molecule has 0 radical (unpaired) electrons. The molecule has 1 aliphatic rings. The lowest BCUT2D eigenvalue weighted by Gasteiger charge is -2.43. The van der Waals surface area contributed by atoms with Gasteiger partial charge in [-0.1, -0.05) is 6.07 Å². The Labute approximate surface area is 172 Å². The summed E-state index contributed by atoms with van der Waals surface area (Å²) < 4.78 is 16.1. The summed E-state index contributed by atoms with van der Waals surface area (Å²) in [6, 6.07) is 5.01. The maximum Gasteiger partial charge on any atom is 0.317 e. The second-order valence-electron chi connectivity index (χ2n) is 6.88. The Kier molecular flexibility index (Phi) is 7.22. The van der Waals surface area contributed by atoms with Crippen molar-refractivity contribution in [2.24, 2.45) is 11.8 Å². The third-order valence-corrected chi connectivity index (χ3v) is 5.53. The van der Waals surface area contributed by atoms with Crippen LogP contribution in [0.5, 0.6) is 5.75 Å². The lowest BCUT2D eigenvalue weighted by atomic mass is 9.61. The number of rotatable bonds is 6. The number of Topliss-reactive ketones (excluding diaryl/α,β-unsaturated/α-hetero) is 1. The molecule has 7 nitrogen and oxygen atoms in total. The number of ketones is 1. The van der Waals surface area contributed by atoms with Crippen LogP contribution in [0.1, 0.15) is 38.7 Å². The van der Waals surface area contributed by atoms with Crippen molar-refractivity contribution in [1.29, 1.82) is 0 Å². The van der Waals surface area contributed by atoms with Crippen LogP contribution in [0, 0.1) is 11.8 Å². The molecular formula is C20H25BrO7. The Bertz CT molecular complexity index is 759. The number of halogens is 1. The fourth-order valence-electron chi connectivity index (χ4n) is 3.77. The molecule has 154 valence electrons. The van der Waals surface area contributed by atoms with E-state index in [9.17, 15) is 19.5 Å². The first-order chi connectivity index (χ1) is 13.2. The minimum Gasteiger partial charge on any atom is -0.496 e. The van der Waals surface area contributed by atoms with Gasteiger partial charge in [-0.25, -0.2) is 0 Å². The second kappa shape index (κ2) is 9.05. The third-order valence-electron chi connectivity index (χ3n) is 4.91. The normalized spacial score (nSPS) is 27.2. The van der Waals surface area contributed by atoms with Crippen molar-refractivity contribution in [3.63, 3.8) is 0 Å². The molecule has 8 heteroatoms. The molecule has 4 atom stereocenters. The number of ether oxygens (including phenoxy) is 3. The highest BCUT2D eigenvalue weighted by atomic mass is 79.9. The molecule has 1 saturated carbocycles. The molecule has 1 fully saturated rings. The molecule has 0 aliphatic heterocycles. The predicted octanol–water partition coefficient (Wildman–Crippen LogP) is 2.62. The molecule has 1 aromatic carbocycles. The van der Waals surface area contributed by atoms with Gasteiger partial charge in [-0.15, -0.1) is 0 Å². The van der Waals surface area contributed by atoms with E-state index in [0.29, 0.717) is 15.8 Å². The summed E-state index contributed by atoms with van der Waals surface area (Å²) in [5.41, 5.74) is -1.14. The molecule has 28 heavy (non-hydrogen) atoms. The Morgan fingerprint density at radius 1 is 1.21 bits per heavy atom. The maximum atomic E-state index is 12.8. The van der Waals surface area contributed by atoms with Gasteiger partial charge in [0.25, 0.3) is 0 Å². The third kappa shape index (κ3) is 4.38. The van der Waals surface area contributed by atoms with E-state index in [1.807, 2.05) is 0 Å². The van der Waals surface area contributed by atoms with E-state index in [4.69, 9.17) is 14.2 Å². The second-order valence-corrected chi connectivity index (χ2v) is 7.73. The number of hydrogen-bond acceptors (Lipinski definition) is 7. The van der Waals surface area contributed by atoms with E-state index in [-0.39, 0.29) is 19.6 Å². The summed E-state index contributed by atoms with van der Waals surface area (Å²) in [5, 5.41) is 10.9. The number of esters is 2. The summed E-state index contributed by atoms with van der Waals surface area (Å²) in [7, 11) is 1.51. The first-order valence-electron chi connectivity index (χ1n) is 9.09. The molecule has 1 N–H and O–H groups in total. The smallest absolute Gasteiger partial charge is 0.317 e. The summed E-state index contributed by atoms with van der Waals surface area (Å²) in [4.78, 5) is 38.2. The van der Waals surface area contributed by atoms with Crippen LogP contribution in [-0.2, 0) is 23.9 Å². The average molecular weight is 457 g/mol. The van der Waals surface area contributed by atoms with Crippen molar-refractivity contribution < 1.29 is 33.7 Å². The lowest BCUT2D eigenvalue weighted by molar-refractivity contribution is -0.172. The summed E-state index contributed by atoms with van der Waals surface area (Å²) in [6.07, 6.45) is -0.339. The van der Waals surface area contributed by atoms with Gasteiger partial charge >= 0.3 is 11.9 Å². The van der Waals surface area contributed by atoms with Gasteiger partial charge in [-0.3, -0.25) is 14.4 Å². The van der Waals surface area contributed by atoms with E-state index >= 15 is 0 Å². The Morgan fingerprint density at radius 3 is 2.36 bits per heavy atom. The zero-order valence-electron chi connectivity index (χ0n) is 16.4. The van der Waals surface area contributed by atoms with Gasteiger partial charge < -0.3 is 19.3 Å². The van der Waals surface area contributed by atoms with Crippen LogP contribution >= 0.6 is 15.9 Å². The van der Waals surface area contributed by atoms with Gasteiger partial charge in [0.2, 0.25) is 0 Å². The standard InChI is InChI=1S/C20H25BrO7/c1-5-27-18(23)16-13(22)10-20(3,25)17(19(24)28-6-2)15(16)11-7-8-14(26-4)12(21)9-11/h7-9,15-17,25H,5-6,10H2,1-4H3/t15-,16+,17-,20+/m1/s1. The molecule has 1 aliphatic carbocycles. The minimum absolute atomic E-state index is 0.0993. The predicted molar refractivity (Wildman–Crippen MR) is 104 cm³/mol. The van der Waals surface area contributed by atoms with Crippen molar-refractivity contribution in [1.82, 2.24) is 0 Å². The average Bonchev–Trinajstić information content (AvgIpc) is 2.60. The fraction of sp³-hybridized carbons (Fsp3) is 0.550. The molecular weight excluding hydrogens is 432 g/mol. The molecule has 0 bridgehead atoms. The van der Waals surface area contributed by atoms with Crippen LogP contribution in [0.3, 0.4) is 0 Å². The van der Waals surface area contributed by atoms with E-state index in [1.165, 1.54) is 14.0 Å². The number of hydrogen-bond donors (Lipinski definition) is 1. The number of benzene rings is 1. The SMILES string of the molecule is CCOC(=O)[C@H]1C(=O)C[C@](C)(O)[C@@H](C(=O)OCC)[C@@H]1c1ccc(OC)c(Br)c1. The largest absolute Gasteiger partial charge is 0.496 e. The summed E-state index contributed by atoms with van der Waals surface area (Å²) >= 11 is 3.39. The maximum absolute atomic E-state index is 12.8. The Balaban J connectivity index is 2.65. The number of carbonyl (C=O) groups is 3. The fourth-order valence-corrected chi connectivity index (χ4v) is 4.33. The van der Waals surface area contributed by atoms with Gasteiger partial charge in [0, 0.05) is 12.3 Å².